The van der Waals surface area contributed by atoms with Crippen LogP contribution in [0.15, 0.2) is 87.9 Å². The number of sulfone groups is 1. The van der Waals surface area contributed by atoms with E-state index in [2.05, 4.69) is 19.7 Å². The molecule has 3 N–H and O–H groups in total. The van der Waals surface area contributed by atoms with Crippen LogP contribution in [0.4, 0.5) is 22.7 Å². The van der Waals surface area contributed by atoms with Crippen LogP contribution < -0.4 is 5.32 Å². The van der Waals surface area contributed by atoms with Crippen molar-refractivity contribution in [1.82, 2.24) is 0 Å². The summed E-state index contributed by atoms with van der Waals surface area (Å²) in [5.74, 6) is -2.11. The summed E-state index contributed by atoms with van der Waals surface area (Å²) in [6, 6.07) is 19.4. The second-order valence-corrected chi connectivity index (χ2v) is 9.99. The zero-order valence-electron chi connectivity index (χ0n) is 17.4. The number of para-hydroxylation sites is 1. The molecule has 13 heteroatoms. The van der Waals surface area contributed by atoms with Gasteiger partial charge in [0.15, 0.2) is 9.84 Å². The highest BCUT2D eigenvalue weighted by atomic mass is 32.3. The van der Waals surface area contributed by atoms with Gasteiger partial charge in [0.25, 0.3) is 0 Å². The number of carboxylic acids is 1. The molecule has 34 heavy (non-hydrogen) atoms. The molecule has 3 aromatic rings. The van der Waals surface area contributed by atoms with Gasteiger partial charge in [0.2, 0.25) is 0 Å². The van der Waals surface area contributed by atoms with E-state index in [-0.39, 0.29) is 16.1 Å². The lowest BCUT2D eigenvalue weighted by molar-refractivity contribution is 0.0697. The molecular weight excluding hydrogens is 486 g/mol. The van der Waals surface area contributed by atoms with Crippen molar-refractivity contribution in [2.24, 2.45) is 10.2 Å². The van der Waals surface area contributed by atoms with Crippen LogP contribution in [0.25, 0.3) is 0 Å². The minimum absolute atomic E-state index is 0.212. The number of rotatable bonds is 10. The minimum Gasteiger partial charge on any atom is -0.478 e. The van der Waals surface area contributed by atoms with E-state index >= 15 is 0 Å². The van der Waals surface area contributed by atoms with Crippen molar-refractivity contribution < 1.29 is 35.5 Å². The number of hydrogen-bond acceptors (Lipinski definition) is 9. The first-order chi connectivity index (χ1) is 16.0. The van der Waals surface area contributed by atoms with Gasteiger partial charge in [-0.1, -0.05) is 18.2 Å². The van der Waals surface area contributed by atoms with Gasteiger partial charge in [-0.05, 0) is 54.6 Å². The molecule has 0 atom stereocenters. The Kier molecular flexibility index (Phi) is 7.73. The van der Waals surface area contributed by atoms with Crippen molar-refractivity contribution in [1.29, 1.82) is 0 Å². The van der Waals surface area contributed by atoms with E-state index < -0.39 is 38.6 Å². The second-order valence-electron chi connectivity index (χ2n) is 6.79. The Morgan fingerprint density at radius 3 is 2.15 bits per heavy atom. The van der Waals surface area contributed by atoms with Crippen LogP contribution in [0.3, 0.4) is 0 Å². The highest BCUT2D eigenvalue weighted by Crippen LogP contribution is 2.27. The molecule has 0 saturated heterocycles. The van der Waals surface area contributed by atoms with Crippen LogP contribution in [0.1, 0.15) is 10.4 Å². The van der Waals surface area contributed by atoms with E-state index in [0.717, 1.165) is 29.6 Å². The quantitative estimate of drug-likeness (QED) is 0.270. The fourth-order valence-corrected chi connectivity index (χ4v) is 4.25. The largest absolute Gasteiger partial charge is 0.478 e. The Bertz CT molecular complexity index is 1410. The molecule has 3 rings (SSSR count). The molecule has 0 aromatic heterocycles. The van der Waals surface area contributed by atoms with Gasteiger partial charge in [0.1, 0.15) is 5.69 Å². The molecule has 0 saturated carbocycles. The number of aromatic carboxylic acids is 1. The third-order valence-electron chi connectivity index (χ3n) is 4.35. The molecule has 0 aliphatic rings. The lowest BCUT2D eigenvalue weighted by atomic mass is 10.2. The molecule has 11 nitrogen and oxygen atoms in total. The summed E-state index contributed by atoms with van der Waals surface area (Å²) in [4.78, 5) is 11.2. The number of carboxylic acid groups (broad SMARTS) is 1. The molecule has 3 aromatic carbocycles. The number of nitrogens with one attached hydrogen (secondary N) is 1. The molecule has 0 bridgehead atoms. The maximum absolute atomic E-state index is 12.4. The predicted molar refractivity (Wildman–Crippen MR) is 123 cm³/mol. The first-order valence-corrected chi connectivity index (χ1v) is 12.6. The third-order valence-corrected chi connectivity index (χ3v) is 6.49. The van der Waals surface area contributed by atoms with E-state index in [1.54, 1.807) is 24.3 Å². The molecule has 0 amide bonds. The Morgan fingerprint density at radius 2 is 1.53 bits per heavy atom. The number of benzene rings is 3. The van der Waals surface area contributed by atoms with Crippen molar-refractivity contribution in [2.45, 2.75) is 4.90 Å². The number of anilines is 2. The van der Waals surface area contributed by atoms with E-state index in [4.69, 9.17) is 4.55 Å². The van der Waals surface area contributed by atoms with Gasteiger partial charge in [-0.25, -0.2) is 17.4 Å². The summed E-state index contributed by atoms with van der Waals surface area (Å²) < 4.78 is 58.7. The second kappa shape index (κ2) is 10.5. The van der Waals surface area contributed by atoms with Crippen molar-refractivity contribution in [3.05, 3.63) is 78.4 Å². The summed E-state index contributed by atoms with van der Waals surface area (Å²) in [5.41, 5.74) is 1.58. The maximum atomic E-state index is 12.4. The molecule has 178 valence electrons. The summed E-state index contributed by atoms with van der Waals surface area (Å²) in [7, 11) is -8.86. The van der Waals surface area contributed by atoms with Gasteiger partial charge in [0, 0.05) is 11.4 Å². The van der Waals surface area contributed by atoms with Crippen LogP contribution in [0.2, 0.25) is 0 Å². The lowest BCUT2D eigenvalue weighted by Crippen LogP contribution is -2.15. The van der Waals surface area contributed by atoms with Crippen molar-refractivity contribution in [3.63, 3.8) is 0 Å². The summed E-state index contributed by atoms with van der Waals surface area (Å²) in [5, 5.41) is 20.5. The molecule has 0 spiro atoms. The van der Waals surface area contributed by atoms with Crippen molar-refractivity contribution >= 4 is 49.0 Å². The van der Waals surface area contributed by atoms with Crippen molar-refractivity contribution in [3.8, 4) is 0 Å². The summed E-state index contributed by atoms with van der Waals surface area (Å²) in [6.45, 7) is -0.817. The number of hydrogen-bond donors (Lipinski definition) is 3. The number of azo groups is 1. The SMILES string of the molecule is O=C(O)c1ccc(S(=O)(=O)CCOS(=O)(=O)O)cc1N=Nc1ccc(Nc2ccccc2)cc1. The standard InChI is InChI=1S/C21H19N3O8S2/c25-21(26)19-11-10-18(33(27,28)13-12-32-34(29,30)31)14-20(19)24-23-17-8-6-16(7-9-17)22-15-4-2-1-3-5-15/h1-11,14,22H,12-13H2,(H,25,26)(H,29,30,31). The number of nitrogens with zero attached hydrogens (tertiary/aromatic N) is 2. The van der Waals surface area contributed by atoms with Crippen LogP contribution in [0, 0.1) is 0 Å². The fraction of sp³-hybridized carbons (Fsp3) is 0.0952. The molecular formula is C21H19N3O8S2. The highest BCUT2D eigenvalue weighted by molar-refractivity contribution is 7.91. The topological polar surface area (TPSA) is 172 Å². The number of carbonyl (C=O) groups is 1. The maximum Gasteiger partial charge on any atom is 0.397 e. The van der Waals surface area contributed by atoms with E-state index in [1.165, 1.54) is 0 Å². The molecule has 0 radical (unpaired) electrons. The van der Waals surface area contributed by atoms with Crippen LogP contribution >= 0.6 is 0 Å². The highest BCUT2D eigenvalue weighted by Gasteiger charge is 2.20. The average molecular weight is 506 g/mol. The third kappa shape index (κ3) is 7.18. The molecule has 0 aliphatic heterocycles. The lowest BCUT2D eigenvalue weighted by Gasteiger charge is -2.07. The first-order valence-electron chi connectivity index (χ1n) is 9.59. The first kappa shape index (κ1) is 25.0. The normalized spacial score (nSPS) is 12.0. The van der Waals surface area contributed by atoms with Gasteiger partial charge in [-0.3, -0.25) is 4.55 Å². The van der Waals surface area contributed by atoms with E-state index in [9.17, 15) is 26.7 Å². The Hall–Kier alpha value is -3.65. The van der Waals surface area contributed by atoms with Gasteiger partial charge < -0.3 is 10.4 Å². The fourth-order valence-electron chi connectivity index (χ4n) is 2.75. The Morgan fingerprint density at radius 1 is 0.882 bits per heavy atom. The summed E-state index contributed by atoms with van der Waals surface area (Å²) >= 11 is 0. The van der Waals surface area contributed by atoms with Gasteiger partial charge in [-0.15, -0.1) is 5.11 Å². The van der Waals surface area contributed by atoms with Gasteiger partial charge >= 0.3 is 16.4 Å². The monoisotopic (exact) mass is 505 g/mol. The van der Waals surface area contributed by atoms with Gasteiger partial charge in [0.05, 0.1) is 28.5 Å². The zero-order valence-corrected chi connectivity index (χ0v) is 19.0. The minimum atomic E-state index is -4.80. The van der Waals surface area contributed by atoms with Crippen LogP contribution in [-0.4, -0.2) is 44.8 Å². The Balaban J connectivity index is 1.80. The smallest absolute Gasteiger partial charge is 0.397 e. The predicted octanol–water partition coefficient (Wildman–Crippen LogP) is 4.14. The van der Waals surface area contributed by atoms with Crippen LogP contribution in [-0.2, 0) is 24.4 Å². The zero-order chi connectivity index (χ0) is 24.8. The van der Waals surface area contributed by atoms with Gasteiger partial charge in [-0.2, -0.15) is 13.5 Å². The summed E-state index contributed by atoms with van der Waals surface area (Å²) in [6.07, 6.45) is 0. The van der Waals surface area contributed by atoms with Crippen molar-refractivity contribution in [2.75, 3.05) is 17.7 Å². The molecule has 0 aliphatic carbocycles. The molecule has 0 heterocycles. The van der Waals surface area contributed by atoms with E-state index in [0.29, 0.717) is 5.69 Å². The van der Waals surface area contributed by atoms with E-state index in [1.807, 2.05) is 30.3 Å². The average Bonchev–Trinajstić information content (AvgIpc) is 2.78. The van der Waals surface area contributed by atoms with Crippen LogP contribution in [0.5, 0.6) is 0 Å². The molecule has 0 fully saturated rings. The Labute approximate surface area is 195 Å². The molecule has 0 unspecified atom stereocenters.